The third kappa shape index (κ3) is 5.91. The highest BCUT2D eigenvalue weighted by molar-refractivity contribution is 5.92. The summed E-state index contributed by atoms with van der Waals surface area (Å²) in [6.07, 6.45) is 4.61. The number of esters is 1. The van der Waals surface area contributed by atoms with Crippen molar-refractivity contribution in [2.24, 2.45) is 0 Å². The predicted octanol–water partition coefficient (Wildman–Crippen LogP) is 5.37. The summed E-state index contributed by atoms with van der Waals surface area (Å²) >= 11 is 0. The van der Waals surface area contributed by atoms with Gasteiger partial charge < -0.3 is 19.2 Å². The number of fused-ring (bicyclic) bond motifs is 3. The number of carbonyl (C=O) groups excluding carboxylic acids is 2. The molecule has 7 heteroatoms. The van der Waals surface area contributed by atoms with Gasteiger partial charge in [0, 0.05) is 5.56 Å². The molecule has 1 heterocycles. The summed E-state index contributed by atoms with van der Waals surface area (Å²) < 4.78 is 16.8. The van der Waals surface area contributed by atoms with Crippen LogP contribution in [-0.4, -0.2) is 18.1 Å². The number of benzene rings is 2. The molecule has 0 radical (unpaired) electrons. The first-order valence-corrected chi connectivity index (χ1v) is 12.2. The van der Waals surface area contributed by atoms with Gasteiger partial charge in [-0.3, -0.25) is 0 Å². The van der Waals surface area contributed by atoms with Crippen LogP contribution in [0.3, 0.4) is 0 Å². The SMILES string of the molecule is CCCC[C@@H](NC(=O)OCc1ccccc1)C(=O)Oc1cc(C)cc2oc(=O)c3c(c12)CCCC3. The summed E-state index contributed by atoms with van der Waals surface area (Å²) in [4.78, 5) is 38.2. The zero-order valence-electron chi connectivity index (χ0n) is 20.2. The van der Waals surface area contributed by atoms with Crippen LogP contribution in [0, 0.1) is 6.92 Å². The van der Waals surface area contributed by atoms with E-state index in [0.717, 1.165) is 48.8 Å². The standard InChI is InChI=1S/C28H31NO6/c1-3-4-14-22(29-28(32)33-17-19-10-6-5-7-11-19)27(31)35-24-16-18(2)15-23-25(24)20-12-8-9-13-21(20)26(30)34-23/h5-7,10-11,15-16,22H,3-4,8-9,12-14,17H2,1-2H3,(H,29,32)/t22-/m1/s1. The van der Waals surface area contributed by atoms with Crippen LogP contribution in [0.4, 0.5) is 4.79 Å². The monoisotopic (exact) mass is 477 g/mol. The van der Waals surface area contributed by atoms with Gasteiger partial charge in [0.2, 0.25) is 0 Å². The topological polar surface area (TPSA) is 94.8 Å². The minimum atomic E-state index is -0.861. The highest BCUT2D eigenvalue weighted by Crippen LogP contribution is 2.34. The second-order valence-electron chi connectivity index (χ2n) is 9.01. The molecule has 184 valence electrons. The molecule has 1 amide bonds. The van der Waals surface area contributed by atoms with Gasteiger partial charge in [-0.2, -0.15) is 0 Å². The molecule has 7 nitrogen and oxygen atoms in total. The van der Waals surface area contributed by atoms with Gasteiger partial charge in [-0.25, -0.2) is 14.4 Å². The second kappa shape index (κ2) is 11.2. The Hall–Kier alpha value is -3.61. The van der Waals surface area contributed by atoms with E-state index in [2.05, 4.69) is 5.32 Å². The van der Waals surface area contributed by atoms with E-state index in [-0.39, 0.29) is 12.2 Å². The number of hydrogen-bond acceptors (Lipinski definition) is 6. The molecule has 35 heavy (non-hydrogen) atoms. The smallest absolute Gasteiger partial charge is 0.408 e. The molecule has 4 rings (SSSR count). The Morgan fingerprint density at radius 3 is 2.57 bits per heavy atom. The first-order chi connectivity index (χ1) is 17.0. The van der Waals surface area contributed by atoms with Gasteiger partial charge in [-0.1, -0.05) is 50.1 Å². The maximum Gasteiger partial charge on any atom is 0.408 e. The van der Waals surface area contributed by atoms with E-state index in [1.807, 2.05) is 44.2 Å². The number of hydrogen-bond donors (Lipinski definition) is 1. The molecule has 3 aromatic rings. The lowest BCUT2D eigenvalue weighted by Crippen LogP contribution is -2.43. The molecule has 0 saturated heterocycles. The van der Waals surface area contributed by atoms with E-state index in [1.54, 1.807) is 12.1 Å². The van der Waals surface area contributed by atoms with Crippen LogP contribution < -0.4 is 15.7 Å². The van der Waals surface area contributed by atoms with Crippen LogP contribution in [0.2, 0.25) is 0 Å². The van der Waals surface area contributed by atoms with Crippen molar-refractivity contribution in [3.05, 3.63) is 75.1 Å². The maximum atomic E-state index is 13.2. The van der Waals surface area contributed by atoms with Crippen molar-refractivity contribution < 1.29 is 23.5 Å². The lowest BCUT2D eigenvalue weighted by Gasteiger charge is -2.20. The molecular formula is C28H31NO6. The summed E-state index contributed by atoms with van der Waals surface area (Å²) in [6, 6.07) is 12.0. The zero-order chi connectivity index (χ0) is 24.8. The first kappa shape index (κ1) is 24.5. The van der Waals surface area contributed by atoms with Crippen LogP contribution in [-0.2, 0) is 29.0 Å². The van der Waals surface area contributed by atoms with Gasteiger partial charge in [-0.05, 0) is 67.9 Å². The number of unbranched alkanes of at least 4 members (excludes halogenated alkanes) is 1. The molecule has 0 aliphatic heterocycles. The van der Waals surface area contributed by atoms with Crippen molar-refractivity contribution in [1.82, 2.24) is 5.32 Å². The van der Waals surface area contributed by atoms with E-state index in [0.29, 0.717) is 35.1 Å². The van der Waals surface area contributed by atoms with Gasteiger partial charge in [0.25, 0.3) is 0 Å². The first-order valence-electron chi connectivity index (χ1n) is 12.2. The largest absolute Gasteiger partial charge is 0.445 e. The van der Waals surface area contributed by atoms with E-state index >= 15 is 0 Å². The molecule has 1 N–H and O–H groups in total. The molecule has 1 aliphatic rings. The average Bonchev–Trinajstić information content (AvgIpc) is 2.85. The number of nitrogens with one attached hydrogen (secondary N) is 1. The number of alkyl carbamates (subject to hydrolysis) is 1. The van der Waals surface area contributed by atoms with Crippen molar-refractivity contribution >= 4 is 23.0 Å². The van der Waals surface area contributed by atoms with Crippen molar-refractivity contribution in [3.63, 3.8) is 0 Å². The zero-order valence-corrected chi connectivity index (χ0v) is 20.2. The number of aryl methyl sites for hydroxylation is 2. The molecule has 0 saturated carbocycles. The molecule has 0 spiro atoms. The highest BCUT2D eigenvalue weighted by Gasteiger charge is 2.26. The third-order valence-electron chi connectivity index (χ3n) is 6.28. The minimum absolute atomic E-state index is 0.107. The Kier molecular flexibility index (Phi) is 7.85. The highest BCUT2D eigenvalue weighted by atomic mass is 16.6. The molecule has 0 unspecified atom stereocenters. The van der Waals surface area contributed by atoms with Gasteiger partial charge >= 0.3 is 17.7 Å². The van der Waals surface area contributed by atoms with Crippen molar-refractivity contribution in [1.29, 1.82) is 0 Å². The summed E-state index contributed by atoms with van der Waals surface area (Å²) in [5.41, 5.74) is 3.31. The lowest BCUT2D eigenvalue weighted by atomic mass is 9.90. The second-order valence-corrected chi connectivity index (χ2v) is 9.01. The van der Waals surface area contributed by atoms with Gasteiger partial charge in [0.05, 0.1) is 5.39 Å². The Morgan fingerprint density at radius 2 is 1.83 bits per heavy atom. The Bertz CT molecular complexity index is 1260. The fraction of sp³-hybridized carbons (Fsp3) is 0.393. The summed E-state index contributed by atoms with van der Waals surface area (Å²) in [6.45, 7) is 3.97. The van der Waals surface area contributed by atoms with Gasteiger partial charge in [0.1, 0.15) is 24.0 Å². The Labute approximate surface area is 204 Å². The maximum absolute atomic E-state index is 13.2. The lowest BCUT2D eigenvalue weighted by molar-refractivity contribution is -0.136. The van der Waals surface area contributed by atoms with Crippen molar-refractivity contribution in [2.75, 3.05) is 0 Å². The molecule has 1 aromatic heterocycles. The molecule has 1 aliphatic carbocycles. The van der Waals surface area contributed by atoms with E-state index in [4.69, 9.17) is 13.9 Å². The quantitative estimate of drug-likeness (QED) is 0.266. The molecular weight excluding hydrogens is 446 g/mol. The normalized spacial score (nSPS) is 13.7. The van der Waals surface area contributed by atoms with Crippen molar-refractivity contribution in [2.45, 2.75) is 71.4 Å². The van der Waals surface area contributed by atoms with Gasteiger partial charge in [0.15, 0.2) is 0 Å². The van der Waals surface area contributed by atoms with E-state index in [9.17, 15) is 14.4 Å². The summed E-state index contributed by atoms with van der Waals surface area (Å²) in [5.74, 6) is -0.217. The number of carbonyl (C=O) groups is 2. The van der Waals surface area contributed by atoms with Crippen LogP contribution in [0.15, 0.2) is 51.7 Å². The molecule has 0 bridgehead atoms. The summed E-state index contributed by atoms with van der Waals surface area (Å²) in [5, 5.41) is 3.33. The van der Waals surface area contributed by atoms with Crippen LogP contribution in [0.1, 0.15) is 61.3 Å². The predicted molar refractivity (Wildman–Crippen MR) is 133 cm³/mol. The summed E-state index contributed by atoms with van der Waals surface area (Å²) in [7, 11) is 0. The third-order valence-corrected chi connectivity index (χ3v) is 6.28. The fourth-order valence-corrected chi connectivity index (χ4v) is 4.49. The number of ether oxygens (including phenoxy) is 2. The van der Waals surface area contributed by atoms with Crippen LogP contribution in [0.25, 0.3) is 11.0 Å². The van der Waals surface area contributed by atoms with Crippen LogP contribution in [0.5, 0.6) is 5.75 Å². The molecule has 0 fully saturated rings. The number of rotatable bonds is 8. The van der Waals surface area contributed by atoms with Crippen molar-refractivity contribution in [3.8, 4) is 5.75 Å². The average molecular weight is 478 g/mol. The Balaban J connectivity index is 1.56. The Morgan fingerprint density at radius 1 is 1.09 bits per heavy atom. The fourth-order valence-electron chi connectivity index (χ4n) is 4.49. The van der Waals surface area contributed by atoms with E-state index < -0.39 is 18.1 Å². The minimum Gasteiger partial charge on any atom is -0.445 e. The molecule has 1 atom stereocenters. The molecule has 2 aromatic carbocycles. The van der Waals surface area contributed by atoms with Crippen LogP contribution >= 0.6 is 0 Å². The van der Waals surface area contributed by atoms with Gasteiger partial charge in [-0.15, -0.1) is 0 Å². The number of amides is 1. The van der Waals surface area contributed by atoms with E-state index in [1.165, 1.54) is 0 Å².